The van der Waals surface area contributed by atoms with Gasteiger partial charge in [-0.3, -0.25) is 14.9 Å². The first kappa shape index (κ1) is 24.7. The first-order chi connectivity index (χ1) is 14.9. The fraction of sp³-hybridized carbons (Fsp3) is 0.435. The maximum atomic E-state index is 12.9. The van der Waals surface area contributed by atoms with Crippen molar-refractivity contribution >= 4 is 61.4 Å². The molecular weight excluding hydrogens is 510 g/mol. The molecule has 6 nitrogen and oxygen atoms in total. The van der Waals surface area contributed by atoms with Crippen LogP contribution in [0.25, 0.3) is 0 Å². The van der Waals surface area contributed by atoms with Gasteiger partial charge in [-0.2, -0.15) is 0 Å². The SMILES string of the molecule is COc1c(C)cc(Br)cc1C(=O)NC(=S)Nc1sc2c(c1C(N)=O)CC[C@H](C(C)(C)C)C2. The Morgan fingerprint density at radius 1 is 1.31 bits per heavy atom. The summed E-state index contributed by atoms with van der Waals surface area (Å²) in [4.78, 5) is 26.3. The number of methoxy groups -OCH3 is 1. The van der Waals surface area contributed by atoms with E-state index in [-0.39, 0.29) is 10.5 Å². The van der Waals surface area contributed by atoms with Crippen molar-refractivity contribution < 1.29 is 14.3 Å². The van der Waals surface area contributed by atoms with Crippen LogP contribution in [0.1, 0.15) is 63.9 Å². The summed E-state index contributed by atoms with van der Waals surface area (Å²) in [6.07, 6.45) is 2.72. The minimum Gasteiger partial charge on any atom is -0.496 e. The third-order valence-electron chi connectivity index (χ3n) is 5.88. The van der Waals surface area contributed by atoms with Crippen LogP contribution in [0, 0.1) is 18.3 Å². The predicted octanol–water partition coefficient (Wildman–Crippen LogP) is 5.20. The number of carbonyl (C=O) groups is 2. The lowest BCUT2D eigenvalue weighted by Crippen LogP contribution is -2.34. The number of carbonyl (C=O) groups excluding carboxylic acids is 2. The molecular formula is C23H28BrN3O3S2. The summed E-state index contributed by atoms with van der Waals surface area (Å²) >= 11 is 10.3. The molecule has 0 spiro atoms. The minimum absolute atomic E-state index is 0.100. The van der Waals surface area contributed by atoms with Crippen LogP contribution in [0.4, 0.5) is 5.00 Å². The highest BCUT2D eigenvalue weighted by molar-refractivity contribution is 9.10. The van der Waals surface area contributed by atoms with Gasteiger partial charge in [0.15, 0.2) is 5.11 Å². The second-order valence-electron chi connectivity index (χ2n) is 9.09. The Kier molecular flexibility index (Phi) is 7.31. The van der Waals surface area contributed by atoms with E-state index in [9.17, 15) is 9.59 Å². The molecule has 1 aromatic heterocycles. The van der Waals surface area contributed by atoms with E-state index >= 15 is 0 Å². The average molecular weight is 539 g/mol. The molecule has 0 aliphatic heterocycles. The molecule has 172 valence electrons. The summed E-state index contributed by atoms with van der Waals surface area (Å²) in [6, 6.07) is 3.54. The third-order valence-corrected chi connectivity index (χ3v) is 7.71. The number of hydrogen-bond donors (Lipinski definition) is 3. The van der Waals surface area contributed by atoms with Gasteiger partial charge in [-0.05, 0) is 73.0 Å². The highest BCUT2D eigenvalue weighted by Gasteiger charge is 2.33. The van der Waals surface area contributed by atoms with E-state index in [1.807, 2.05) is 13.0 Å². The number of aryl methyl sites for hydroxylation is 1. The molecule has 3 rings (SSSR count). The van der Waals surface area contributed by atoms with Crippen LogP contribution < -0.4 is 21.1 Å². The van der Waals surface area contributed by atoms with Crippen LogP contribution in [0.3, 0.4) is 0 Å². The lowest BCUT2D eigenvalue weighted by molar-refractivity contribution is 0.0972. The third kappa shape index (κ3) is 5.15. The van der Waals surface area contributed by atoms with Crippen molar-refractivity contribution in [3.63, 3.8) is 0 Å². The fourth-order valence-electron chi connectivity index (χ4n) is 4.15. The second-order valence-corrected chi connectivity index (χ2v) is 11.5. The van der Waals surface area contributed by atoms with E-state index in [4.69, 9.17) is 22.7 Å². The van der Waals surface area contributed by atoms with E-state index in [0.29, 0.717) is 27.8 Å². The molecule has 4 N–H and O–H groups in total. The Morgan fingerprint density at radius 3 is 2.59 bits per heavy atom. The van der Waals surface area contributed by atoms with E-state index in [1.165, 1.54) is 18.4 Å². The van der Waals surface area contributed by atoms with Crippen LogP contribution >= 0.6 is 39.5 Å². The Morgan fingerprint density at radius 2 is 2.00 bits per heavy atom. The summed E-state index contributed by atoms with van der Waals surface area (Å²) in [5.74, 6) is 0.114. The molecule has 2 aromatic rings. The molecule has 1 aromatic carbocycles. The summed E-state index contributed by atoms with van der Waals surface area (Å²) in [6.45, 7) is 8.59. The van der Waals surface area contributed by atoms with Crippen molar-refractivity contribution in [1.82, 2.24) is 5.32 Å². The highest BCUT2D eigenvalue weighted by atomic mass is 79.9. The number of nitrogens with two attached hydrogens (primary N) is 1. The summed E-state index contributed by atoms with van der Waals surface area (Å²) in [5, 5.41) is 6.41. The van der Waals surface area contributed by atoms with Gasteiger partial charge in [-0.25, -0.2) is 0 Å². The van der Waals surface area contributed by atoms with Crippen molar-refractivity contribution in [3.05, 3.63) is 43.7 Å². The lowest BCUT2D eigenvalue weighted by Gasteiger charge is -2.33. The molecule has 0 bridgehead atoms. The average Bonchev–Trinajstić information content (AvgIpc) is 3.03. The number of fused-ring (bicyclic) bond motifs is 1. The van der Waals surface area contributed by atoms with Crippen LogP contribution in [0.2, 0.25) is 0 Å². The van der Waals surface area contributed by atoms with E-state index < -0.39 is 11.8 Å². The molecule has 1 aliphatic rings. The van der Waals surface area contributed by atoms with Crippen molar-refractivity contribution in [1.29, 1.82) is 0 Å². The lowest BCUT2D eigenvalue weighted by atomic mass is 9.72. The molecule has 1 heterocycles. The summed E-state index contributed by atoms with van der Waals surface area (Å²) < 4.78 is 6.15. The number of rotatable bonds is 4. The number of amides is 2. The predicted molar refractivity (Wildman–Crippen MR) is 137 cm³/mol. The van der Waals surface area contributed by atoms with Gasteiger partial charge in [-0.15, -0.1) is 11.3 Å². The monoisotopic (exact) mass is 537 g/mol. The number of anilines is 1. The molecule has 0 radical (unpaired) electrons. The van der Waals surface area contributed by atoms with Crippen LogP contribution in [-0.4, -0.2) is 24.0 Å². The van der Waals surface area contributed by atoms with Crippen LogP contribution in [0.5, 0.6) is 5.75 Å². The molecule has 1 aliphatic carbocycles. The van der Waals surface area contributed by atoms with Crippen molar-refractivity contribution in [2.75, 3.05) is 12.4 Å². The van der Waals surface area contributed by atoms with E-state index in [2.05, 4.69) is 47.3 Å². The summed E-state index contributed by atoms with van der Waals surface area (Å²) in [7, 11) is 1.52. The Bertz CT molecular complexity index is 1090. The number of nitrogens with one attached hydrogen (secondary N) is 2. The number of primary amides is 1. The minimum atomic E-state index is -0.488. The quantitative estimate of drug-likeness (QED) is 0.465. The molecule has 2 amide bonds. The molecule has 0 unspecified atom stereocenters. The van der Waals surface area contributed by atoms with Gasteiger partial charge < -0.3 is 15.8 Å². The zero-order valence-electron chi connectivity index (χ0n) is 18.8. The molecule has 9 heteroatoms. The smallest absolute Gasteiger partial charge is 0.261 e. The highest BCUT2D eigenvalue weighted by Crippen LogP contribution is 2.44. The first-order valence-corrected chi connectivity index (χ1v) is 12.3. The molecule has 0 saturated carbocycles. The number of benzene rings is 1. The van der Waals surface area contributed by atoms with Gasteiger partial charge in [0.1, 0.15) is 10.8 Å². The number of ether oxygens (including phenoxy) is 1. The molecule has 0 saturated heterocycles. The van der Waals surface area contributed by atoms with Gasteiger partial charge in [0, 0.05) is 9.35 Å². The van der Waals surface area contributed by atoms with Gasteiger partial charge in [-0.1, -0.05) is 36.7 Å². The molecule has 32 heavy (non-hydrogen) atoms. The van der Waals surface area contributed by atoms with Crippen LogP contribution in [-0.2, 0) is 12.8 Å². The summed E-state index contributed by atoms with van der Waals surface area (Å²) in [5.41, 5.74) is 8.56. The van der Waals surface area contributed by atoms with E-state index in [1.54, 1.807) is 6.07 Å². The number of thiocarbonyl (C=S) groups is 1. The van der Waals surface area contributed by atoms with Crippen molar-refractivity contribution in [2.45, 2.75) is 47.0 Å². The Labute approximate surface area is 206 Å². The fourth-order valence-corrected chi connectivity index (χ4v) is 6.32. The van der Waals surface area contributed by atoms with Gasteiger partial charge in [0.25, 0.3) is 11.8 Å². The van der Waals surface area contributed by atoms with Gasteiger partial charge >= 0.3 is 0 Å². The molecule has 0 fully saturated rings. The standard InChI is InChI=1S/C23H28BrN3O3S2/c1-11-8-13(24)10-15(18(11)30-5)20(29)26-22(31)27-21-17(19(25)28)14-7-6-12(23(2,3)4)9-16(14)32-21/h8,10,12H,6-7,9H2,1-5H3,(H2,25,28)(H2,26,27,29,31)/t12-/m0/s1. The van der Waals surface area contributed by atoms with Crippen molar-refractivity contribution in [2.24, 2.45) is 17.1 Å². The second kappa shape index (κ2) is 9.49. The topological polar surface area (TPSA) is 93.4 Å². The number of thiophene rings is 1. The number of hydrogen-bond acceptors (Lipinski definition) is 5. The Balaban J connectivity index is 1.82. The molecule has 1 atom stereocenters. The largest absolute Gasteiger partial charge is 0.496 e. The normalized spacial score (nSPS) is 15.6. The maximum Gasteiger partial charge on any atom is 0.261 e. The van der Waals surface area contributed by atoms with Gasteiger partial charge in [0.05, 0.1) is 18.2 Å². The van der Waals surface area contributed by atoms with Gasteiger partial charge in [0.2, 0.25) is 0 Å². The van der Waals surface area contributed by atoms with E-state index in [0.717, 1.165) is 39.7 Å². The number of halogens is 1. The Hall–Kier alpha value is -1.97. The zero-order valence-corrected chi connectivity index (χ0v) is 22.1. The van der Waals surface area contributed by atoms with Crippen molar-refractivity contribution in [3.8, 4) is 5.75 Å². The van der Waals surface area contributed by atoms with Crippen LogP contribution in [0.15, 0.2) is 16.6 Å². The first-order valence-electron chi connectivity index (χ1n) is 10.3. The zero-order chi connectivity index (χ0) is 23.8. The maximum absolute atomic E-state index is 12.9.